The number of fused-ring (bicyclic) bond motifs is 1. The molecule has 1 heterocycles. The molecule has 3 aromatic carbocycles. The van der Waals surface area contributed by atoms with Crippen LogP contribution in [-0.2, 0) is 14.3 Å². The molecule has 1 fully saturated rings. The van der Waals surface area contributed by atoms with Gasteiger partial charge < -0.3 is 4.74 Å². The zero-order valence-electron chi connectivity index (χ0n) is 20.1. The Kier molecular flexibility index (Phi) is 6.66. The Morgan fingerprint density at radius 2 is 1.45 bits per heavy atom. The van der Waals surface area contributed by atoms with Crippen LogP contribution in [-0.4, -0.2) is 28.5 Å². The molecule has 0 bridgehead atoms. The Bertz CT molecular complexity index is 1440. The van der Waals surface area contributed by atoms with E-state index in [0.717, 1.165) is 4.90 Å². The van der Waals surface area contributed by atoms with Gasteiger partial charge in [0.05, 0.1) is 28.0 Å². The summed E-state index contributed by atoms with van der Waals surface area (Å²) >= 11 is 0. The number of non-ortho nitro benzene ring substituents is 1. The molecule has 3 atom stereocenters. The van der Waals surface area contributed by atoms with Gasteiger partial charge in [-0.05, 0) is 43.2 Å². The van der Waals surface area contributed by atoms with Gasteiger partial charge in [0, 0.05) is 23.3 Å². The van der Waals surface area contributed by atoms with E-state index in [1.54, 1.807) is 36.4 Å². The summed E-state index contributed by atoms with van der Waals surface area (Å²) in [5.41, 5.74) is 0.681. The van der Waals surface area contributed by atoms with Crippen molar-refractivity contribution in [2.24, 2.45) is 11.8 Å². The van der Waals surface area contributed by atoms with Crippen LogP contribution in [0.5, 0.6) is 0 Å². The fraction of sp³-hybridized carbons (Fsp3) is 0.172. The summed E-state index contributed by atoms with van der Waals surface area (Å²) in [5, 5.41) is 11.1. The predicted octanol–water partition coefficient (Wildman–Crippen LogP) is 4.83. The second-order valence-electron chi connectivity index (χ2n) is 9.08. The summed E-state index contributed by atoms with van der Waals surface area (Å²) in [7, 11) is 0. The first-order chi connectivity index (χ1) is 18.3. The number of ketones is 1. The summed E-state index contributed by atoms with van der Waals surface area (Å²) < 4.78 is 5.65. The van der Waals surface area contributed by atoms with Crippen LogP contribution in [0.4, 0.5) is 11.4 Å². The predicted molar refractivity (Wildman–Crippen MR) is 136 cm³/mol. The highest BCUT2D eigenvalue weighted by molar-refractivity contribution is 6.22. The third kappa shape index (κ3) is 4.61. The molecule has 3 aromatic rings. The maximum atomic E-state index is 13.3. The van der Waals surface area contributed by atoms with Gasteiger partial charge >= 0.3 is 5.97 Å². The number of Topliss-reactive ketones (excluding diaryl/α,β-unsaturated/α-hetero) is 1. The lowest BCUT2D eigenvalue weighted by Gasteiger charge is -2.19. The molecule has 0 unspecified atom stereocenters. The van der Waals surface area contributed by atoms with Crippen molar-refractivity contribution in [2.45, 2.75) is 18.9 Å². The molecular formula is C29H22N2O7. The van der Waals surface area contributed by atoms with Gasteiger partial charge in [-0.1, -0.05) is 48.6 Å². The Morgan fingerprint density at radius 1 is 0.842 bits per heavy atom. The van der Waals surface area contributed by atoms with Crippen LogP contribution in [0.3, 0.4) is 0 Å². The Hall–Kier alpha value is -4.92. The van der Waals surface area contributed by atoms with E-state index in [4.69, 9.17) is 4.74 Å². The van der Waals surface area contributed by atoms with Gasteiger partial charge in [0.25, 0.3) is 5.69 Å². The third-order valence-electron chi connectivity index (χ3n) is 6.78. The molecule has 38 heavy (non-hydrogen) atoms. The first-order valence-corrected chi connectivity index (χ1v) is 12.0. The number of ether oxygens (including phenoxy) is 1. The normalized spacial score (nSPS) is 19.1. The summed E-state index contributed by atoms with van der Waals surface area (Å²) in [5.74, 6) is -2.81. The molecule has 2 amide bonds. The van der Waals surface area contributed by atoms with Gasteiger partial charge in [0.2, 0.25) is 17.6 Å². The minimum atomic E-state index is -1.38. The van der Waals surface area contributed by atoms with E-state index < -0.39 is 34.6 Å². The van der Waals surface area contributed by atoms with Crippen molar-refractivity contribution in [3.8, 4) is 0 Å². The van der Waals surface area contributed by atoms with E-state index in [2.05, 4.69) is 0 Å². The average Bonchev–Trinajstić information content (AvgIpc) is 3.21. The topological polar surface area (TPSA) is 124 Å². The van der Waals surface area contributed by atoms with Crippen molar-refractivity contribution in [3.63, 3.8) is 0 Å². The van der Waals surface area contributed by atoms with Crippen LogP contribution < -0.4 is 4.90 Å². The monoisotopic (exact) mass is 510 g/mol. The average molecular weight is 511 g/mol. The van der Waals surface area contributed by atoms with Crippen molar-refractivity contribution in [1.29, 1.82) is 0 Å². The molecule has 9 heteroatoms. The van der Waals surface area contributed by atoms with Gasteiger partial charge in [-0.3, -0.25) is 29.4 Å². The van der Waals surface area contributed by atoms with E-state index in [1.807, 2.05) is 12.2 Å². The number of rotatable bonds is 7. The first kappa shape index (κ1) is 24.8. The zero-order chi connectivity index (χ0) is 26.8. The van der Waals surface area contributed by atoms with Crippen LogP contribution in [0.15, 0.2) is 91.0 Å². The van der Waals surface area contributed by atoms with E-state index >= 15 is 0 Å². The second-order valence-corrected chi connectivity index (χ2v) is 9.08. The Labute approximate surface area is 217 Å². The fourth-order valence-corrected chi connectivity index (χ4v) is 4.80. The molecule has 5 rings (SSSR count). The number of benzene rings is 3. The number of carbonyl (C=O) groups excluding carboxylic acids is 4. The highest BCUT2D eigenvalue weighted by Crippen LogP contribution is 2.38. The van der Waals surface area contributed by atoms with Crippen LogP contribution in [0, 0.1) is 22.0 Å². The molecular weight excluding hydrogens is 488 g/mol. The van der Waals surface area contributed by atoms with Crippen molar-refractivity contribution in [1.82, 2.24) is 0 Å². The van der Waals surface area contributed by atoms with E-state index in [-0.39, 0.29) is 34.3 Å². The lowest BCUT2D eigenvalue weighted by Crippen LogP contribution is -2.31. The smallest absolute Gasteiger partial charge is 0.339 e. The molecule has 0 aromatic heterocycles. The first-order valence-electron chi connectivity index (χ1n) is 12.0. The highest BCUT2D eigenvalue weighted by atomic mass is 16.6. The quantitative estimate of drug-likeness (QED) is 0.111. The highest BCUT2D eigenvalue weighted by Gasteiger charge is 2.48. The molecule has 0 saturated carbocycles. The van der Waals surface area contributed by atoms with Crippen LogP contribution in [0.2, 0.25) is 0 Å². The molecule has 1 saturated heterocycles. The minimum absolute atomic E-state index is 0.0453. The Morgan fingerprint density at radius 3 is 2.05 bits per heavy atom. The van der Waals surface area contributed by atoms with Crippen molar-refractivity contribution >= 4 is 34.9 Å². The molecule has 9 nitrogen and oxygen atoms in total. The number of nitro benzene ring substituents is 1. The largest absolute Gasteiger partial charge is 0.445 e. The number of allylic oxidation sites excluding steroid dienone is 2. The molecule has 2 aliphatic rings. The number of anilines is 1. The minimum Gasteiger partial charge on any atom is -0.445 e. The van der Waals surface area contributed by atoms with Gasteiger partial charge in [0.1, 0.15) is 0 Å². The number of hydrogen-bond donors (Lipinski definition) is 0. The van der Waals surface area contributed by atoms with Gasteiger partial charge in [0.15, 0.2) is 6.10 Å². The lowest BCUT2D eigenvalue weighted by atomic mass is 9.85. The summed E-state index contributed by atoms with van der Waals surface area (Å²) in [6.45, 7) is 0. The number of carbonyl (C=O) groups is 4. The van der Waals surface area contributed by atoms with Crippen molar-refractivity contribution < 1.29 is 28.8 Å². The SMILES string of the molecule is O=C(O[C@H](C(=O)c1ccccc1)c1ccc([N+](=O)[O-])cc1)c1cccc(N2C(=O)[C@H]3CC=CC[C@H]3C2=O)c1. The number of amides is 2. The molecule has 0 N–H and O–H groups in total. The van der Waals surface area contributed by atoms with Crippen molar-refractivity contribution in [2.75, 3.05) is 4.90 Å². The van der Waals surface area contributed by atoms with Crippen LogP contribution in [0.1, 0.15) is 45.2 Å². The molecule has 1 aliphatic carbocycles. The fourth-order valence-electron chi connectivity index (χ4n) is 4.80. The number of imide groups is 1. The molecule has 190 valence electrons. The maximum absolute atomic E-state index is 13.3. The number of esters is 1. The van der Waals surface area contributed by atoms with E-state index in [0.29, 0.717) is 18.4 Å². The molecule has 0 spiro atoms. The number of nitrogens with zero attached hydrogens (tertiary/aromatic N) is 2. The van der Waals surface area contributed by atoms with Gasteiger partial charge in [-0.25, -0.2) is 4.79 Å². The zero-order valence-corrected chi connectivity index (χ0v) is 20.1. The van der Waals surface area contributed by atoms with Crippen LogP contribution in [0.25, 0.3) is 0 Å². The van der Waals surface area contributed by atoms with E-state index in [1.165, 1.54) is 42.5 Å². The van der Waals surface area contributed by atoms with E-state index in [9.17, 15) is 29.3 Å². The Balaban J connectivity index is 1.43. The van der Waals surface area contributed by atoms with Crippen LogP contribution >= 0.6 is 0 Å². The standard InChI is InChI=1S/C29H22N2O7/c32-25(18-7-2-1-3-8-18)26(19-13-15-21(16-14-19)31(36)37)38-29(35)20-9-6-10-22(17-20)30-27(33)23-11-4-5-12-24(23)28(30)34/h1-10,13-17,23-24,26H,11-12H2/t23-,24+,26-/m0/s1. The molecule has 1 aliphatic heterocycles. The number of nitro groups is 1. The lowest BCUT2D eigenvalue weighted by molar-refractivity contribution is -0.384. The maximum Gasteiger partial charge on any atom is 0.339 e. The molecule has 0 radical (unpaired) electrons. The summed E-state index contributed by atoms with van der Waals surface area (Å²) in [6.07, 6.45) is 3.40. The van der Waals surface area contributed by atoms with Crippen molar-refractivity contribution in [3.05, 3.63) is 118 Å². The third-order valence-corrected chi connectivity index (χ3v) is 6.78. The summed E-state index contributed by atoms with van der Waals surface area (Å²) in [4.78, 5) is 64.1. The summed E-state index contributed by atoms with van der Waals surface area (Å²) in [6, 6.07) is 19.4. The van der Waals surface area contributed by atoms with Gasteiger partial charge in [-0.2, -0.15) is 0 Å². The second kappa shape index (κ2) is 10.2. The number of hydrogen-bond acceptors (Lipinski definition) is 7. The van der Waals surface area contributed by atoms with Gasteiger partial charge in [-0.15, -0.1) is 0 Å².